The first kappa shape index (κ1) is 20.4. The van der Waals surface area contributed by atoms with Crippen LogP contribution in [0.15, 0.2) is 28.8 Å². The molecule has 0 aliphatic rings. The molecule has 2 heterocycles. The maximum Gasteiger partial charge on any atom is 0.451 e. The number of rotatable bonds is 5. The first-order chi connectivity index (χ1) is 12.5. The molecule has 0 aliphatic heterocycles. The number of urea groups is 1. The lowest BCUT2D eigenvalue weighted by Gasteiger charge is -2.10. The Bertz CT molecular complexity index is 800. The molecule has 0 aromatic carbocycles. The number of halogens is 6. The summed E-state index contributed by atoms with van der Waals surface area (Å²) in [5, 5.41) is 6.69. The number of nitrogens with one attached hydrogen (secondary N) is 4. The van der Waals surface area contributed by atoms with Gasteiger partial charge in [-0.1, -0.05) is 0 Å². The van der Waals surface area contributed by atoms with Gasteiger partial charge in [0.25, 0.3) is 5.82 Å². The van der Waals surface area contributed by atoms with E-state index in [1.807, 2.05) is 5.32 Å². The second kappa shape index (κ2) is 7.76. The van der Waals surface area contributed by atoms with Gasteiger partial charge in [-0.05, 0) is 19.1 Å². The molecule has 4 N–H and O–H groups in total. The number of furan rings is 1. The fourth-order valence-corrected chi connectivity index (χ4v) is 2.17. The Morgan fingerprint density at radius 2 is 1.85 bits per heavy atom. The highest BCUT2D eigenvalue weighted by Gasteiger charge is 2.39. The molecule has 148 valence electrons. The van der Waals surface area contributed by atoms with Gasteiger partial charge in [0.1, 0.15) is 17.9 Å². The predicted octanol–water partition coefficient (Wildman–Crippen LogP) is 3.67. The minimum absolute atomic E-state index is 0.0430. The molecule has 0 saturated heterocycles. The van der Waals surface area contributed by atoms with Crippen LogP contribution in [0.2, 0.25) is 0 Å². The van der Waals surface area contributed by atoms with E-state index in [-0.39, 0.29) is 24.7 Å². The normalized spacial score (nSPS) is 12.0. The summed E-state index contributed by atoms with van der Waals surface area (Å²) >= 11 is 0. The minimum Gasteiger partial charge on any atom is -0.455 e. The number of carbonyl (C=O) groups excluding carboxylic acids is 1. The van der Waals surface area contributed by atoms with Crippen molar-refractivity contribution in [3.05, 3.63) is 41.5 Å². The molecule has 0 bridgehead atoms. The summed E-state index contributed by atoms with van der Waals surface area (Å²) in [5.41, 5.74) is -1.47. The number of hydrogen-bond acceptors (Lipinski definition) is 3. The lowest BCUT2D eigenvalue weighted by atomic mass is 10.2. The fraction of sp³-hybridized carbons (Fsp3) is 0.333. The van der Waals surface area contributed by atoms with Crippen molar-refractivity contribution in [2.45, 2.75) is 19.3 Å². The summed E-state index contributed by atoms with van der Waals surface area (Å²) in [6, 6.07) is 2.11. The Labute approximate surface area is 148 Å². The average molecular weight is 397 g/mol. The first-order valence-corrected chi connectivity index (χ1v) is 7.52. The molecule has 6 nitrogen and oxygen atoms in total. The van der Waals surface area contributed by atoms with Crippen LogP contribution in [0.1, 0.15) is 17.1 Å². The van der Waals surface area contributed by atoms with Crippen LogP contribution in [0.4, 0.5) is 42.6 Å². The van der Waals surface area contributed by atoms with E-state index in [9.17, 15) is 31.1 Å². The van der Waals surface area contributed by atoms with Crippen molar-refractivity contribution in [3.8, 4) is 0 Å². The second-order valence-electron chi connectivity index (χ2n) is 5.36. The topological polar surface area (TPSA) is 80.4 Å². The summed E-state index contributed by atoms with van der Waals surface area (Å²) in [6.45, 7) is 1.04. The van der Waals surface area contributed by atoms with Crippen molar-refractivity contribution in [1.29, 1.82) is 0 Å². The van der Waals surface area contributed by atoms with Gasteiger partial charge < -0.3 is 15.1 Å². The van der Waals surface area contributed by atoms with Crippen LogP contribution in [0, 0.1) is 6.92 Å². The van der Waals surface area contributed by atoms with E-state index in [2.05, 4.69) is 20.0 Å². The third kappa shape index (κ3) is 5.53. The minimum atomic E-state index is -4.78. The molecule has 2 amide bonds. The van der Waals surface area contributed by atoms with Gasteiger partial charge in [0.05, 0.1) is 18.4 Å². The number of carbonyl (C=O) groups is 1. The molecule has 2 aromatic heterocycles. The van der Waals surface area contributed by atoms with Crippen LogP contribution >= 0.6 is 0 Å². The molecule has 0 unspecified atom stereocenters. The van der Waals surface area contributed by atoms with Crippen LogP contribution in [0.25, 0.3) is 0 Å². The van der Waals surface area contributed by atoms with Crippen molar-refractivity contribution in [3.63, 3.8) is 0 Å². The van der Waals surface area contributed by atoms with Crippen LogP contribution in [0.3, 0.4) is 0 Å². The number of anilines is 2. The molecule has 0 atom stereocenters. The Balaban J connectivity index is 1.88. The van der Waals surface area contributed by atoms with E-state index < -0.39 is 35.4 Å². The van der Waals surface area contributed by atoms with Crippen molar-refractivity contribution in [2.24, 2.45) is 0 Å². The lowest BCUT2D eigenvalue weighted by Crippen LogP contribution is -2.34. The maximum absolute atomic E-state index is 12.8. The molecule has 0 spiro atoms. The number of aromatic amines is 1. The molecular weight excluding hydrogens is 382 g/mol. The van der Waals surface area contributed by atoms with Gasteiger partial charge in [-0.3, -0.25) is 5.32 Å². The van der Waals surface area contributed by atoms with Crippen molar-refractivity contribution in [1.82, 2.24) is 5.32 Å². The zero-order valence-electron chi connectivity index (χ0n) is 13.8. The largest absolute Gasteiger partial charge is 0.455 e. The number of H-pyrrole nitrogens is 1. The fourth-order valence-electron chi connectivity index (χ4n) is 2.17. The Morgan fingerprint density at radius 3 is 2.48 bits per heavy atom. The Kier molecular flexibility index (Phi) is 5.86. The molecule has 0 aliphatic carbocycles. The van der Waals surface area contributed by atoms with Gasteiger partial charge in [0.2, 0.25) is 5.76 Å². The van der Waals surface area contributed by atoms with Gasteiger partial charge in [-0.25, -0.2) is 9.78 Å². The molecular formula is C15H15F6N4O2+. The number of aryl methyl sites for hydroxylation is 1. The highest BCUT2D eigenvalue weighted by Crippen LogP contribution is 2.37. The third-order valence-corrected chi connectivity index (χ3v) is 3.23. The van der Waals surface area contributed by atoms with E-state index in [1.54, 1.807) is 0 Å². The molecule has 12 heteroatoms. The molecule has 0 saturated carbocycles. The molecule has 2 rings (SSSR count). The Hall–Kier alpha value is -2.92. The van der Waals surface area contributed by atoms with E-state index in [1.165, 1.54) is 19.2 Å². The average Bonchev–Trinajstić information content (AvgIpc) is 2.91. The second-order valence-corrected chi connectivity index (χ2v) is 5.36. The van der Waals surface area contributed by atoms with Gasteiger partial charge in [-0.2, -0.15) is 26.3 Å². The molecule has 0 fully saturated rings. The van der Waals surface area contributed by atoms with Gasteiger partial charge >= 0.3 is 18.4 Å². The smallest absolute Gasteiger partial charge is 0.451 e. The highest BCUT2D eigenvalue weighted by molar-refractivity contribution is 5.90. The molecule has 0 radical (unpaired) electrons. The summed E-state index contributed by atoms with van der Waals surface area (Å²) in [6.07, 6.45) is -8.06. The quantitative estimate of drug-likeness (QED) is 0.532. The van der Waals surface area contributed by atoms with Gasteiger partial charge in [0, 0.05) is 6.07 Å². The monoisotopic (exact) mass is 397 g/mol. The Morgan fingerprint density at radius 1 is 1.15 bits per heavy atom. The summed E-state index contributed by atoms with van der Waals surface area (Å²) in [4.78, 5) is 14.1. The van der Waals surface area contributed by atoms with Crippen LogP contribution < -0.4 is 20.9 Å². The third-order valence-electron chi connectivity index (χ3n) is 3.23. The standard InChI is InChI=1S/C15H14F6N4O2/c1-8-7-10(11(27-8)15(19,20)21)25-13(26)24-6-5-23-12-9(14(16,17)18)3-2-4-22-12/h2-4,7H,5-6H2,1H3,(H,22,23)(H2,24,25,26)/p+1. The molecule has 2 aromatic rings. The van der Waals surface area contributed by atoms with Crippen molar-refractivity contribution < 1.29 is 40.5 Å². The van der Waals surface area contributed by atoms with Crippen LogP contribution in [-0.2, 0) is 12.4 Å². The summed E-state index contributed by atoms with van der Waals surface area (Å²) in [5.74, 6) is -1.68. The van der Waals surface area contributed by atoms with Gasteiger partial charge in [-0.15, -0.1) is 0 Å². The maximum atomic E-state index is 12.8. The summed E-state index contributed by atoms with van der Waals surface area (Å²) in [7, 11) is 0. The highest BCUT2D eigenvalue weighted by atomic mass is 19.4. The van der Waals surface area contributed by atoms with E-state index in [4.69, 9.17) is 0 Å². The van der Waals surface area contributed by atoms with Crippen molar-refractivity contribution >= 4 is 17.5 Å². The number of amides is 2. The molecule has 27 heavy (non-hydrogen) atoms. The van der Waals surface area contributed by atoms with Crippen LogP contribution in [-0.4, -0.2) is 19.1 Å². The van der Waals surface area contributed by atoms with E-state index in [0.29, 0.717) is 0 Å². The zero-order chi connectivity index (χ0) is 20.2. The van der Waals surface area contributed by atoms with E-state index in [0.717, 1.165) is 12.1 Å². The lowest BCUT2D eigenvalue weighted by molar-refractivity contribution is -0.364. The van der Waals surface area contributed by atoms with E-state index >= 15 is 0 Å². The number of hydrogen-bond donors (Lipinski definition) is 3. The van der Waals surface area contributed by atoms with Crippen molar-refractivity contribution in [2.75, 3.05) is 23.7 Å². The number of aromatic nitrogens is 1. The summed E-state index contributed by atoms with van der Waals surface area (Å²) < 4.78 is 81.3. The zero-order valence-corrected chi connectivity index (χ0v) is 13.8. The number of pyridine rings is 1. The SMILES string of the molecule is Cc1cc(NC(=O)NCCNc2[nH+]cccc2C(F)(F)F)c(C(F)(F)F)o1. The first-order valence-electron chi connectivity index (χ1n) is 7.52. The van der Waals surface area contributed by atoms with Gasteiger partial charge in [0.15, 0.2) is 0 Å². The number of alkyl halides is 6. The van der Waals surface area contributed by atoms with Crippen LogP contribution in [0.5, 0.6) is 0 Å². The predicted molar refractivity (Wildman–Crippen MR) is 82.0 cm³/mol.